The maximum absolute atomic E-state index is 2.88. The van der Waals surface area contributed by atoms with Crippen LogP contribution in [0.15, 0.2) is 273 Å². The Bertz CT molecular complexity index is 4130. The van der Waals surface area contributed by atoms with Gasteiger partial charge in [-0.15, -0.1) is 0 Å². The molecule has 0 bridgehead atoms. The standard InChI is InChI=1S/C66H45N3Si/c1-5-21-46(22-6-1)53-29-13-17-33-60(53)69-63-36-20-16-32-56(63)57-40-37-48(44-65(57)69)68-64-42-38-47(67-61-34-18-14-30-54(61)55-31-15-19-35-62(55)67)43-59(64)58-41-39-52(45-66(58)68)70(49-23-7-2-8-24-49,50-25-9-3-10-26-50)51-27-11-4-12-28-51/h1-45H. The van der Waals surface area contributed by atoms with Crippen LogP contribution < -0.4 is 20.7 Å². The van der Waals surface area contributed by atoms with Crippen molar-refractivity contribution in [1.29, 1.82) is 0 Å². The maximum Gasteiger partial charge on any atom is 0.179 e. The quantitative estimate of drug-likeness (QED) is 0.107. The largest absolute Gasteiger partial charge is 0.309 e. The van der Waals surface area contributed by atoms with Crippen molar-refractivity contribution >= 4 is 94.2 Å². The molecule has 3 nitrogen and oxygen atoms in total. The SMILES string of the molecule is c1ccc(-c2ccccc2-n2c3ccccc3c3ccc(-n4c5ccc(-n6c7ccccc7c7ccccc76)cc5c5ccc([Si](c6ccccc6)(c6ccccc6)c6ccccc6)cc54)cc32)cc1. The van der Waals surface area contributed by atoms with Crippen molar-refractivity contribution in [2.24, 2.45) is 0 Å². The molecule has 0 aliphatic carbocycles. The first-order valence-corrected chi connectivity index (χ1v) is 26.2. The normalized spacial score (nSPS) is 12.0. The van der Waals surface area contributed by atoms with Gasteiger partial charge in [0.25, 0.3) is 0 Å². The summed E-state index contributed by atoms with van der Waals surface area (Å²) in [5.41, 5.74) is 12.9. The zero-order valence-electron chi connectivity index (χ0n) is 38.3. The Labute approximate surface area is 407 Å². The third-order valence-corrected chi connectivity index (χ3v) is 19.6. The molecule has 3 heterocycles. The zero-order chi connectivity index (χ0) is 46.2. The average Bonchev–Trinajstić information content (AvgIpc) is 4.07. The van der Waals surface area contributed by atoms with E-state index < -0.39 is 8.07 Å². The summed E-state index contributed by atoms with van der Waals surface area (Å²) in [7, 11) is -2.88. The van der Waals surface area contributed by atoms with E-state index in [0.29, 0.717) is 0 Å². The van der Waals surface area contributed by atoms with Crippen molar-refractivity contribution in [3.63, 3.8) is 0 Å². The third kappa shape index (κ3) is 6.00. The van der Waals surface area contributed by atoms with Gasteiger partial charge < -0.3 is 13.7 Å². The van der Waals surface area contributed by atoms with Crippen LogP contribution in [0.3, 0.4) is 0 Å². The molecule has 14 rings (SSSR count). The Morgan fingerprint density at radius 2 is 0.629 bits per heavy atom. The highest BCUT2D eigenvalue weighted by Gasteiger charge is 2.41. The fourth-order valence-electron chi connectivity index (χ4n) is 11.8. The molecular weight excluding hydrogens is 863 g/mol. The van der Waals surface area contributed by atoms with Crippen LogP contribution in [-0.2, 0) is 0 Å². The number of hydrogen-bond acceptors (Lipinski definition) is 0. The first kappa shape index (κ1) is 40.1. The second kappa shape index (κ2) is 16.1. The lowest BCUT2D eigenvalue weighted by atomic mass is 10.0. The maximum atomic E-state index is 2.54. The van der Waals surface area contributed by atoms with Gasteiger partial charge in [0.05, 0.1) is 38.8 Å². The van der Waals surface area contributed by atoms with Gasteiger partial charge in [0, 0.05) is 49.3 Å². The van der Waals surface area contributed by atoms with Gasteiger partial charge in [-0.25, -0.2) is 0 Å². The lowest BCUT2D eigenvalue weighted by Crippen LogP contribution is -2.74. The second-order valence-corrected chi connectivity index (χ2v) is 22.2. The first-order valence-electron chi connectivity index (χ1n) is 24.2. The van der Waals surface area contributed by atoms with Crippen LogP contribution in [0.25, 0.3) is 93.6 Å². The topological polar surface area (TPSA) is 14.8 Å². The van der Waals surface area contributed by atoms with Crippen molar-refractivity contribution in [2.75, 3.05) is 0 Å². The van der Waals surface area contributed by atoms with Gasteiger partial charge in [0.2, 0.25) is 0 Å². The number of hydrogen-bond donors (Lipinski definition) is 0. The molecule has 0 spiro atoms. The van der Waals surface area contributed by atoms with Crippen molar-refractivity contribution in [1.82, 2.24) is 13.7 Å². The third-order valence-electron chi connectivity index (χ3n) is 14.8. The molecule has 0 aliphatic rings. The van der Waals surface area contributed by atoms with E-state index in [1.165, 1.54) is 86.3 Å². The Hall–Kier alpha value is -8.96. The van der Waals surface area contributed by atoms with Crippen molar-refractivity contribution < 1.29 is 0 Å². The summed E-state index contributed by atoms with van der Waals surface area (Å²) < 4.78 is 7.46. The Balaban J connectivity index is 1.09. The lowest BCUT2D eigenvalue weighted by Gasteiger charge is -2.34. The molecule has 11 aromatic carbocycles. The summed E-state index contributed by atoms with van der Waals surface area (Å²) in [5.74, 6) is 0. The Morgan fingerprint density at radius 3 is 1.23 bits per heavy atom. The van der Waals surface area contributed by atoms with E-state index in [4.69, 9.17) is 0 Å². The van der Waals surface area contributed by atoms with Gasteiger partial charge in [0.1, 0.15) is 0 Å². The van der Waals surface area contributed by atoms with Crippen LogP contribution in [0.5, 0.6) is 0 Å². The van der Waals surface area contributed by atoms with E-state index in [1.54, 1.807) is 0 Å². The smallest absolute Gasteiger partial charge is 0.179 e. The molecule has 0 fully saturated rings. The minimum absolute atomic E-state index is 1.11. The van der Waals surface area contributed by atoms with Crippen LogP contribution >= 0.6 is 0 Å². The summed E-state index contributed by atoms with van der Waals surface area (Å²) in [6, 6.07) is 101. The summed E-state index contributed by atoms with van der Waals surface area (Å²) in [6.45, 7) is 0. The second-order valence-electron chi connectivity index (χ2n) is 18.4. The number of aromatic nitrogens is 3. The molecule has 0 saturated carbocycles. The zero-order valence-corrected chi connectivity index (χ0v) is 39.3. The minimum atomic E-state index is -2.88. The van der Waals surface area contributed by atoms with E-state index in [9.17, 15) is 0 Å². The van der Waals surface area contributed by atoms with Crippen LogP contribution in [0.1, 0.15) is 0 Å². The van der Waals surface area contributed by atoms with Gasteiger partial charge in [-0.3, -0.25) is 0 Å². The molecule has 0 unspecified atom stereocenters. The van der Waals surface area contributed by atoms with Crippen molar-refractivity contribution in [3.8, 4) is 28.2 Å². The van der Waals surface area contributed by atoms with E-state index in [2.05, 4.69) is 287 Å². The molecule has 0 N–H and O–H groups in total. The predicted octanol–water partition coefficient (Wildman–Crippen LogP) is 14.0. The number of benzene rings is 11. The molecule has 328 valence electrons. The predicted molar refractivity (Wildman–Crippen MR) is 299 cm³/mol. The van der Waals surface area contributed by atoms with E-state index in [-0.39, 0.29) is 0 Å². The Kier molecular flexibility index (Phi) is 9.23. The van der Waals surface area contributed by atoms with Gasteiger partial charge >= 0.3 is 0 Å². The van der Waals surface area contributed by atoms with Gasteiger partial charge in [0.15, 0.2) is 8.07 Å². The van der Waals surface area contributed by atoms with Crippen LogP contribution in [0, 0.1) is 0 Å². The summed E-state index contributed by atoms with van der Waals surface area (Å²) in [5, 5.41) is 12.8. The van der Waals surface area contributed by atoms with E-state index >= 15 is 0 Å². The average molecular weight is 908 g/mol. The van der Waals surface area contributed by atoms with Crippen molar-refractivity contribution in [2.45, 2.75) is 0 Å². The molecule has 70 heavy (non-hydrogen) atoms. The van der Waals surface area contributed by atoms with Crippen LogP contribution in [0.4, 0.5) is 0 Å². The molecule has 0 radical (unpaired) electrons. The number of fused-ring (bicyclic) bond motifs is 9. The van der Waals surface area contributed by atoms with Crippen molar-refractivity contribution in [3.05, 3.63) is 273 Å². The molecular formula is C66H45N3Si. The molecule has 4 heteroatoms. The van der Waals surface area contributed by atoms with Crippen LogP contribution in [-0.4, -0.2) is 21.8 Å². The van der Waals surface area contributed by atoms with Gasteiger partial charge in [-0.1, -0.05) is 212 Å². The molecule has 0 aliphatic heterocycles. The number of rotatable bonds is 8. The fraction of sp³-hybridized carbons (Fsp3) is 0. The highest BCUT2D eigenvalue weighted by Crippen LogP contribution is 2.40. The molecule has 3 aromatic heterocycles. The fourth-order valence-corrected chi connectivity index (χ4v) is 16.6. The summed E-state index contributed by atoms with van der Waals surface area (Å²) in [4.78, 5) is 0. The summed E-state index contributed by atoms with van der Waals surface area (Å²) >= 11 is 0. The summed E-state index contributed by atoms with van der Waals surface area (Å²) in [6.07, 6.45) is 0. The molecule has 0 atom stereocenters. The monoisotopic (exact) mass is 907 g/mol. The molecule has 0 saturated heterocycles. The van der Waals surface area contributed by atoms with Gasteiger partial charge in [-0.2, -0.15) is 0 Å². The molecule has 14 aromatic rings. The highest BCUT2D eigenvalue weighted by molar-refractivity contribution is 7.20. The highest BCUT2D eigenvalue weighted by atomic mass is 28.3. The Morgan fingerprint density at radius 1 is 0.229 bits per heavy atom. The number of para-hydroxylation sites is 4. The van der Waals surface area contributed by atoms with Gasteiger partial charge in [-0.05, 0) is 87.0 Å². The first-order chi connectivity index (χ1) is 34.8. The lowest BCUT2D eigenvalue weighted by molar-refractivity contribution is 1.15. The van der Waals surface area contributed by atoms with E-state index in [1.807, 2.05) is 0 Å². The molecule has 0 amide bonds. The van der Waals surface area contributed by atoms with Crippen LogP contribution in [0.2, 0.25) is 0 Å². The van der Waals surface area contributed by atoms with E-state index in [0.717, 1.165) is 28.1 Å². The number of nitrogens with zero attached hydrogens (tertiary/aromatic N) is 3. The minimum Gasteiger partial charge on any atom is -0.309 e.